The molecule has 1 fully saturated rings. The Bertz CT molecular complexity index is 1760. The molecule has 14 nitrogen and oxygen atoms in total. The van der Waals surface area contributed by atoms with Gasteiger partial charge in [0, 0.05) is 7.05 Å². The lowest BCUT2D eigenvalue weighted by Gasteiger charge is -2.37. The van der Waals surface area contributed by atoms with E-state index >= 15 is 0 Å². The first-order valence-corrected chi connectivity index (χ1v) is 17.4. The van der Waals surface area contributed by atoms with Gasteiger partial charge in [-0.25, -0.2) is 24.5 Å². The van der Waals surface area contributed by atoms with Crippen LogP contribution in [0.5, 0.6) is 0 Å². The molecule has 1 aliphatic heterocycles. The highest BCUT2D eigenvalue weighted by Gasteiger charge is 2.37. The Hall–Kier alpha value is -5.25. The molecule has 0 spiro atoms. The summed E-state index contributed by atoms with van der Waals surface area (Å²) in [7, 11) is 1.74. The van der Waals surface area contributed by atoms with Crippen LogP contribution in [0.2, 0.25) is 0 Å². The molecule has 14 heteroatoms. The number of urea groups is 1. The van der Waals surface area contributed by atoms with Crippen LogP contribution in [0, 0.1) is 0 Å². The van der Waals surface area contributed by atoms with Gasteiger partial charge in [0.1, 0.15) is 24.6 Å². The number of fused-ring (bicyclic) bond motifs is 1. The molecule has 2 aromatic heterocycles. The minimum atomic E-state index is -1.42. The normalized spacial score (nSPS) is 17.6. The van der Waals surface area contributed by atoms with Crippen molar-refractivity contribution in [1.82, 2.24) is 24.8 Å². The first-order chi connectivity index (χ1) is 25.8. The molecule has 1 aliphatic rings. The number of benzene rings is 3. The van der Waals surface area contributed by atoms with E-state index in [2.05, 4.69) is 62.0 Å². The molecular formula is C39H48N6O8. The molecule has 0 bridgehead atoms. The highest BCUT2D eigenvalue weighted by Crippen LogP contribution is 2.23. The summed E-state index contributed by atoms with van der Waals surface area (Å²) in [6.45, 7) is 7.81. The number of amides is 2. The number of imidazole rings is 1. The number of rotatable bonds is 13. The number of aliphatic carboxylic acids is 1. The number of nitrogens with zero attached hydrogens (tertiary/aromatic N) is 4. The Kier molecular flexibility index (Phi) is 16.3. The number of carboxylic acids is 1. The van der Waals surface area contributed by atoms with E-state index < -0.39 is 24.1 Å². The molecular weight excluding hydrogens is 680 g/mol. The fourth-order valence-corrected chi connectivity index (χ4v) is 5.26. The Balaban J connectivity index is 0.000000240. The average molecular weight is 729 g/mol. The number of aliphatic hydroxyl groups excluding tert-OH is 1. The lowest BCUT2D eigenvalue weighted by molar-refractivity contribution is -0.211. The van der Waals surface area contributed by atoms with Crippen molar-refractivity contribution in [3.8, 4) is 0 Å². The highest BCUT2D eigenvalue weighted by atomic mass is 16.6. The average Bonchev–Trinajstić information content (AvgIpc) is 3.58. The second-order valence-electron chi connectivity index (χ2n) is 11.9. The Morgan fingerprint density at radius 3 is 1.77 bits per heavy atom. The van der Waals surface area contributed by atoms with E-state index in [9.17, 15) is 14.7 Å². The molecule has 282 valence electrons. The minimum Gasteiger partial charge on any atom is -0.480 e. The van der Waals surface area contributed by atoms with Crippen molar-refractivity contribution in [2.75, 3.05) is 18.5 Å². The molecule has 3 heterocycles. The molecule has 1 saturated heterocycles. The summed E-state index contributed by atoms with van der Waals surface area (Å²) >= 11 is 0. The van der Waals surface area contributed by atoms with E-state index in [0.29, 0.717) is 44.2 Å². The Labute approximate surface area is 309 Å². The first-order valence-electron chi connectivity index (χ1n) is 17.4. The van der Waals surface area contributed by atoms with Crippen molar-refractivity contribution in [1.29, 1.82) is 0 Å². The number of ether oxygens (including phenoxy) is 4. The smallest absolute Gasteiger partial charge is 0.328 e. The number of aryl methyl sites for hydroxylation is 1. The third-order valence-electron chi connectivity index (χ3n) is 7.96. The number of hydrogen-bond acceptors (Lipinski definition) is 10. The van der Waals surface area contributed by atoms with Crippen molar-refractivity contribution < 1.29 is 38.7 Å². The van der Waals surface area contributed by atoms with Crippen LogP contribution < -0.4 is 10.6 Å². The minimum absolute atomic E-state index is 0.146. The zero-order valence-corrected chi connectivity index (χ0v) is 30.4. The molecule has 0 saturated carbocycles. The summed E-state index contributed by atoms with van der Waals surface area (Å²) in [6, 6.07) is 28.3. The fraction of sp³-hybridized carbons (Fsp3) is 0.359. The van der Waals surface area contributed by atoms with Gasteiger partial charge in [0.05, 0.1) is 45.5 Å². The van der Waals surface area contributed by atoms with E-state index in [1.54, 1.807) is 11.6 Å². The number of hydrogen-bond donors (Lipinski definition) is 4. The van der Waals surface area contributed by atoms with E-state index in [0.717, 1.165) is 16.7 Å². The van der Waals surface area contributed by atoms with Crippen LogP contribution in [-0.4, -0.2) is 85.4 Å². The van der Waals surface area contributed by atoms with E-state index in [1.807, 2.05) is 68.4 Å². The molecule has 0 radical (unpaired) electrons. The summed E-state index contributed by atoms with van der Waals surface area (Å²) in [5.74, 6) is -1.20. The van der Waals surface area contributed by atoms with Gasteiger partial charge >= 0.3 is 12.0 Å². The summed E-state index contributed by atoms with van der Waals surface area (Å²) in [4.78, 5) is 34.6. The van der Waals surface area contributed by atoms with Gasteiger partial charge in [-0.2, -0.15) is 0 Å². The van der Waals surface area contributed by atoms with E-state index in [-0.39, 0.29) is 24.1 Å². The maximum Gasteiger partial charge on any atom is 0.328 e. The molecule has 2 amide bonds. The van der Waals surface area contributed by atoms with Crippen LogP contribution in [0.3, 0.4) is 0 Å². The zero-order valence-electron chi connectivity index (χ0n) is 30.4. The number of aliphatic hydroxyl groups is 1. The maximum absolute atomic E-state index is 11.8. The van der Waals surface area contributed by atoms with Gasteiger partial charge in [0.25, 0.3) is 0 Å². The van der Waals surface area contributed by atoms with Crippen LogP contribution in [-0.2, 0) is 50.6 Å². The number of nitrogens with one attached hydrogen (secondary N) is 2. The third kappa shape index (κ3) is 12.4. The van der Waals surface area contributed by atoms with Gasteiger partial charge in [-0.3, -0.25) is 5.32 Å². The van der Waals surface area contributed by atoms with Crippen LogP contribution in [0.15, 0.2) is 104 Å². The van der Waals surface area contributed by atoms with Crippen LogP contribution in [0.4, 0.5) is 10.6 Å². The predicted octanol–water partition coefficient (Wildman–Crippen LogP) is 5.12. The van der Waals surface area contributed by atoms with Crippen molar-refractivity contribution in [3.63, 3.8) is 0 Å². The standard InChI is InChI=1S/C26H28O4.C11H14N6O4.C2H6/c1-4-10-21(11-5-1)16-28-24-19-27-20-25(29-17-22-12-6-2-7-13-22)26(24)30-18-23-14-8-3-9-15-23;1-5(18)6(10(19)20)15-11(21)16-8-7-9(13-3-12-8)17(2)4-14-7;1-2/h1-15,24-26H,16-20H2;3-6,18H,1-2H3,(H,19,20)(H2,12,13,15,16,21);1-2H3/t24-,25?,26?;5-,6+;/m11./s1. The quantitative estimate of drug-likeness (QED) is 0.127. The molecule has 53 heavy (non-hydrogen) atoms. The van der Waals surface area contributed by atoms with Crippen LogP contribution in [0.25, 0.3) is 11.2 Å². The molecule has 3 aromatic carbocycles. The van der Waals surface area contributed by atoms with Gasteiger partial charge in [0.2, 0.25) is 0 Å². The lowest BCUT2D eigenvalue weighted by Crippen LogP contribution is -2.51. The van der Waals surface area contributed by atoms with Crippen molar-refractivity contribution in [2.45, 2.75) is 71.0 Å². The van der Waals surface area contributed by atoms with Crippen molar-refractivity contribution in [3.05, 3.63) is 120 Å². The first kappa shape index (κ1) is 40.5. The number of carbonyl (C=O) groups is 2. The number of carbonyl (C=O) groups excluding carboxylic acids is 1. The Morgan fingerprint density at radius 2 is 1.30 bits per heavy atom. The maximum atomic E-state index is 11.8. The van der Waals surface area contributed by atoms with Crippen molar-refractivity contribution in [2.24, 2.45) is 7.05 Å². The molecule has 5 atom stereocenters. The summed E-state index contributed by atoms with van der Waals surface area (Å²) in [5, 5.41) is 22.7. The monoisotopic (exact) mass is 728 g/mol. The summed E-state index contributed by atoms with van der Waals surface area (Å²) in [5.41, 5.74) is 4.29. The van der Waals surface area contributed by atoms with Crippen LogP contribution in [0.1, 0.15) is 37.5 Å². The number of carboxylic acid groups (broad SMARTS) is 1. The third-order valence-corrected chi connectivity index (χ3v) is 7.96. The molecule has 0 aliphatic carbocycles. The Morgan fingerprint density at radius 1 is 0.811 bits per heavy atom. The molecule has 5 aromatic rings. The second kappa shape index (κ2) is 21.3. The van der Waals surface area contributed by atoms with Gasteiger partial charge in [-0.15, -0.1) is 0 Å². The van der Waals surface area contributed by atoms with E-state index in [4.69, 9.17) is 24.1 Å². The molecule has 6 rings (SSSR count). The molecule has 2 unspecified atom stereocenters. The zero-order chi connectivity index (χ0) is 38.0. The fourth-order valence-electron chi connectivity index (χ4n) is 5.26. The topological polar surface area (TPSA) is 179 Å². The number of aromatic nitrogens is 4. The summed E-state index contributed by atoms with van der Waals surface area (Å²) in [6.07, 6.45) is 0.938. The summed E-state index contributed by atoms with van der Waals surface area (Å²) < 4.78 is 26.3. The van der Waals surface area contributed by atoms with Gasteiger partial charge < -0.3 is 39.0 Å². The van der Waals surface area contributed by atoms with Gasteiger partial charge in [0.15, 0.2) is 23.0 Å². The predicted molar refractivity (Wildman–Crippen MR) is 199 cm³/mol. The number of anilines is 1. The molecule has 4 N–H and O–H groups in total. The van der Waals surface area contributed by atoms with E-state index in [1.165, 1.54) is 19.6 Å². The largest absolute Gasteiger partial charge is 0.480 e. The SMILES string of the molecule is CC.C[C@@H](O)[C@H](NC(=O)Nc1ncnc2c1ncn2C)C(=O)O.c1ccc(COC2COC[C@@H](OCc3ccccc3)C2OCc2ccccc2)cc1. The van der Waals surface area contributed by atoms with Gasteiger partial charge in [-0.1, -0.05) is 105 Å². The highest BCUT2D eigenvalue weighted by molar-refractivity contribution is 5.97. The van der Waals surface area contributed by atoms with Crippen molar-refractivity contribution >= 4 is 29.0 Å². The van der Waals surface area contributed by atoms with Crippen LogP contribution >= 0.6 is 0 Å². The van der Waals surface area contributed by atoms with Gasteiger partial charge in [-0.05, 0) is 23.6 Å². The lowest BCUT2D eigenvalue weighted by atomic mass is 10.1. The second-order valence-corrected chi connectivity index (χ2v) is 11.9.